The Hall–Kier alpha value is -1.04. The van der Waals surface area contributed by atoms with Gasteiger partial charge in [-0.3, -0.25) is 4.79 Å². The molecule has 1 heterocycles. The molecule has 1 saturated heterocycles. The van der Waals surface area contributed by atoms with Crippen LogP contribution in [0, 0.1) is 29.1 Å². The lowest BCUT2D eigenvalue weighted by atomic mass is 9.74. The molecule has 0 aromatic carbocycles. The third-order valence-corrected chi connectivity index (χ3v) is 3.83. The molecule has 2 rings (SSSR count). The van der Waals surface area contributed by atoms with Crippen molar-refractivity contribution < 1.29 is 4.79 Å². The van der Waals surface area contributed by atoms with Crippen LogP contribution in [-0.4, -0.2) is 12.5 Å². The van der Waals surface area contributed by atoms with Crippen molar-refractivity contribution >= 4 is 5.91 Å². The van der Waals surface area contributed by atoms with Crippen LogP contribution in [0.25, 0.3) is 0 Å². The molecule has 3 nitrogen and oxygen atoms in total. The molecule has 2 atom stereocenters. The van der Waals surface area contributed by atoms with Gasteiger partial charge in [-0.05, 0) is 25.2 Å². The van der Waals surface area contributed by atoms with Gasteiger partial charge >= 0.3 is 0 Å². The molecule has 82 valence electrons. The molecule has 15 heavy (non-hydrogen) atoms. The van der Waals surface area contributed by atoms with Gasteiger partial charge in [0.05, 0.1) is 17.9 Å². The molecule has 0 aromatic rings. The zero-order valence-corrected chi connectivity index (χ0v) is 9.04. The number of carbonyl (C=O) groups excluding carboxylic acids is 1. The first-order chi connectivity index (χ1) is 7.33. The van der Waals surface area contributed by atoms with Crippen LogP contribution >= 0.6 is 0 Å². The predicted molar refractivity (Wildman–Crippen MR) is 56.8 cm³/mol. The van der Waals surface area contributed by atoms with E-state index in [9.17, 15) is 10.1 Å². The van der Waals surface area contributed by atoms with Crippen LogP contribution in [0.4, 0.5) is 0 Å². The fraction of sp³-hybridized carbons (Fsp3) is 0.833. The predicted octanol–water partition coefficient (Wildman–Crippen LogP) is 1.84. The molecule has 1 amide bonds. The lowest BCUT2D eigenvalue weighted by Crippen LogP contribution is -2.30. The van der Waals surface area contributed by atoms with Crippen LogP contribution in [0.5, 0.6) is 0 Å². The molecule has 2 fully saturated rings. The standard InChI is InChI=1S/C12H18N2O/c13-8-11(9-4-2-1-3-5-9)10-6-7-14-12(10)15/h9-11H,1-7H2,(H,14,15). The molecular formula is C12H18N2O. The van der Waals surface area contributed by atoms with E-state index in [1.165, 1.54) is 19.3 Å². The summed E-state index contributed by atoms with van der Waals surface area (Å²) in [6.45, 7) is 0.758. The summed E-state index contributed by atoms with van der Waals surface area (Å²) in [5.41, 5.74) is 0. The smallest absolute Gasteiger partial charge is 0.224 e. The van der Waals surface area contributed by atoms with Crippen molar-refractivity contribution in [1.29, 1.82) is 5.26 Å². The van der Waals surface area contributed by atoms with Crippen molar-refractivity contribution in [2.45, 2.75) is 38.5 Å². The van der Waals surface area contributed by atoms with Gasteiger partial charge in [-0.1, -0.05) is 19.3 Å². The summed E-state index contributed by atoms with van der Waals surface area (Å²) >= 11 is 0. The fourth-order valence-electron chi connectivity index (χ4n) is 2.97. The van der Waals surface area contributed by atoms with Crippen LogP contribution in [0.15, 0.2) is 0 Å². The number of carbonyl (C=O) groups is 1. The van der Waals surface area contributed by atoms with E-state index >= 15 is 0 Å². The Morgan fingerprint density at radius 3 is 2.53 bits per heavy atom. The molecule has 0 aromatic heterocycles. The van der Waals surface area contributed by atoms with E-state index in [1.807, 2.05) is 0 Å². The van der Waals surface area contributed by atoms with Gasteiger partial charge in [0.1, 0.15) is 0 Å². The largest absolute Gasteiger partial charge is 0.356 e. The first-order valence-electron chi connectivity index (χ1n) is 6.00. The molecule has 0 bridgehead atoms. The maximum absolute atomic E-state index is 11.6. The molecule has 2 aliphatic rings. The Labute approximate surface area is 90.8 Å². The summed E-state index contributed by atoms with van der Waals surface area (Å²) in [7, 11) is 0. The molecular weight excluding hydrogens is 188 g/mol. The van der Waals surface area contributed by atoms with E-state index in [-0.39, 0.29) is 17.7 Å². The van der Waals surface area contributed by atoms with Gasteiger partial charge in [0, 0.05) is 6.54 Å². The first kappa shape index (κ1) is 10.5. The Morgan fingerprint density at radius 1 is 1.27 bits per heavy atom. The Morgan fingerprint density at radius 2 is 2.00 bits per heavy atom. The van der Waals surface area contributed by atoms with E-state index in [4.69, 9.17) is 0 Å². The Balaban J connectivity index is 2.02. The van der Waals surface area contributed by atoms with Crippen LogP contribution in [-0.2, 0) is 4.79 Å². The second-order valence-electron chi connectivity index (χ2n) is 4.74. The van der Waals surface area contributed by atoms with Crippen LogP contribution in [0.3, 0.4) is 0 Å². The average molecular weight is 206 g/mol. The van der Waals surface area contributed by atoms with E-state index < -0.39 is 0 Å². The highest BCUT2D eigenvalue weighted by Gasteiger charge is 2.37. The van der Waals surface area contributed by atoms with Gasteiger partial charge < -0.3 is 5.32 Å². The quantitative estimate of drug-likeness (QED) is 0.749. The molecule has 1 saturated carbocycles. The number of nitrogens with zero attached hydrogens (tertiary/aromatic N) is 1. The van der Waals surface area contributed by atoms with Gasteiger partial charge in [0.25, 0.3) is 0 Å². The van der Waals surface area contributed by atoms with Gasteiger partial charge in [-0.25, -0.2) is 0 Å². The van der Waals surface area contributed by atoms with Crippen molar-refractivity contribution in [1.82, 2.24) is 5.32 Å². The maximum Gasteiger partial charge on any atom is 0.224 e. The highest BCUT2D eigenvalue weighted by Crippen LogP contribution is 2.35. The monoisotopic (exact) mass is 206 g/mol. The third kappa shape index (κ3) is 2.14. The zero-order valence-electron chi connectivity index (χ0n) is 9.04. The Kier molecular flexibility index (Phi) is 3.25. The van der Waals surface area contributed by atoms with E-state index in [2.05, 4.69) is 11.4 Å². The summed E-state index contributed by atoms with van der Waals surface area (Å²) in [5, 5.41) is 12.1. The molecule has 2 unspecified atom stereocenters. The average Bonchev–Trinajstić information content (AvgIpc) is 2.68. The van der Waals surface area contributed by atoms with Gasteiger partial charge in [-0.2, -0.15) is 5.26 Å². The summed E-state index contributed by atoms with van der Waals surface area (Å²) in [6.07, 6.45) is 6.90. The van der Waals surface area contributed by atoms with Gasteiger partial charge in [0.2, 0.25) is 5.91 Å². The van der Waals surface area contributed by atoms with Crippen LogP contribution < -0.4 is 5.32 Å². The van der Waals surface area contributed by atoms with Crippen molar-refractivity contribution in [2.75, 3.05) is 6.54 Å². The van der Waals surface area contributed by atoms with Crippen molar-refractivity contribution in [3.63, 3.8) is 0 Å². The van der Waals surface area contributed by atoms with Crippen molar-refractivity contribution in [3.8, 4) is 6.07 Å². The summed E-state index contributed by atoms with van der Waals surface area (Å²) in [4.78, 5) is 11.6. The second kappa shape index (κ2) is 4.65. The minimum absolute atomic E-state index is 0.0295. The SMILES string of the molecule is N#CC(C1CCCCC1)C1CCNC1=O. The lowest BCUT2D eigenvalue weighted by Gasteiger charge is -2.28. The number of nitrogens with one attached hydrogen (secondary N) is 1. The Bertz CT molecular complexity index is 276. The summed E-state index contributed by atoms with van der Waals surface area (Å²) < 4.78 is 0. The highest BCUT2D eigenvalue weighted by molar-refractivity contribution is 5.81. The fourth-order valence-corrected chi connectivity index (χ4v) is 2.97. The van der Waals surface area contributed by atoms with E-state index in [1.54, 1.807) is 0 Å². The van der Waals surface area contributed by atoms with Gasteiger partial charge in [0.15, 0.2) is 0 Å². The second-order valence-corrected chi connectivity index (χ2v) is 4.74. The van der Waals surface area contributed by atoms with Gasteiger partial charge in [-0.15, -0.1) is 0 Å². The minimum atomic E-state index is -0.0344. The lowest BCUT2D eigenvalue weighted by molar-refractivity contribution is -0.123. The molecule has 1 aliphatic carbocycles. The third-order valence-electron chi connectivity index (χ3n) is 3.83. The normalized spacial score (nSPS) is 29.5. The first-order valence-corrected chi connectivity index (χ1v) is 6.00. The number of hydrogen-bond acceptors (Lipinski definition) is 2. The minimum Gasteiger partial charge on any atom is -0.356 e. The van der Waals surface area contributed by atoms with E-state index in [0.717, 1.165) is 25.8 Å². The number of nitriles is 1. The van der Waals surface area contributed by atoms with Crippen molar-refractivity contribution in [2.24, 2.45) is 17.8 Å². The summed E-state index contributed by atoms with van der Waals surface area (Å²) in [5.74, 6) is 0.510. The highest BCUT2D eigenvalue weighted by atomic mass is 16.2. The van der Waals surface area contributed by atoms with Crippen LogP contribution in [0.1, 0.15) is 38.5 Å². The number of rotatable bonds is 2. The van der Waals surface area contributed by atoms with E-state index in [0.29, 0.717) is 5.92 Å². The van der Waals surface area contributed by atoms with Crippen LogP contribution in [0.2, 0.25) is 0 Å². The topological polar surface area (TPSA) is 52.9 Å². The molecule has 1 N–H and O–H groups in total. The maximum atomic E-state index is 11.6. The zero-order chi connectivity index (χ0) is 10.7. The van der Waals surface area contributed by atoms with Crippen molar-refractivity contribution in [3.05, 3.63) is 0 Å². The molecule has 3 heteroatoms. The number of hydrogen-bond donors (Lipinski definition) is 1. The molecule has 1 aliphatic heterocycles. The number of amides is 1. The molecule has 0 spiro atoms. The summed E-state index contributed by atoms with van der Waals surface area (Å²) in [6, 6.07) is 2.38. The molecule has 0 radical (unpaired) electrons.